The molecule has 2 N–H and O–H groups in total. The smallest absolute Gasteiger partial charge is 0.162 e. The number of rotatable bonds is 7. The van der Waals surface area contributed by atoms with Crippen LogP contribution in [0.2, 0.25) is 0 Å². The second kappa shape index (κ2) is 7.17. The summed E-state index contributed by atoms with van der Waals surface area (Å²) < 4.78 is 5.09. The monoisotopic (exact) mass is 237 g/mol. The number of phenols is 1. The van der Waals surface area contributed by atoms with E-state index >= 15 is 0 Å². The minimum atomic E-state index is 0.244. The molecule has 0 aromatic heterocycles. The van der Waals surface area contributed by atoms with Gasteiger partial charge in [0.05, 0.1) is 7.11 Å². The average Bonchev–Trinajstić information content (AvgIpc) is 2.36. The van der Waals surface area contributed by atoms with Gasteiger partial charge in [-0.15, -0.1) is 0 Å². The van der Waals surface area contributed by atoms with E-state index in [1.807, 2.05) is 12.1 Å². The molecular weight excluding hydrogens is 214 g/mol. The van der Waals surface area contributed by atoms with Gasteiger partial charge in [-0.25, -0.2) is 0 Å². The highest BCUT2D eigenvalue weighted by Crippen LogP contribution is 2.29. The molecular formula is C14H23NO2. The Morgan fingerprint density at radius 3 is 2.71 bits per heavy atom. The van der Waals surface area contributed by atoms with Gasteiger partial charge in [-0.2, -0.15) is 0 Å². The Kier molecular flexibility index (Phi) is 5.84. The molecule has 0 aliphatic rings. The van der Waals surface area contributed by atoms with Crippen molar-refractivity contribution in [1.29, 1.82) is 0 Å². The number of phenolic OH excluding ortho intramolecular Hbond substituents is 1. The number of nitrogens with one attached hydrogen (secondary N) is 1. The summed E-state index contributed by atoms with van der Waals surface area (Å²) in [6.45, 7) is 5.05. The van der Waals surface area contributed by atoms with E-state index in [4.69, 9.17) is 4.74 Å². The number of hydrogen-bond donors (Lipinski definition) is 2. The Labute approximate surface area is 104 Å². The maximum absolute atomic E-state index is 9.94. The summed E-state index contributed by atoms with van der Waals surface area (Å²) in [6.07, 6.45) is 3.45. The Bertz CT molecular complexity index is 339. The summed E-state index contributed by atoms with van der Waals surface area (Å²) in [4.78, 5) is 0. The highest BCUT2D eigenvalue weighted by Gasteiger charge is 2.09. The lowest BCUT2D eigenvalue weighted by Gasteiger charge is -2.17. The number of methoxy groups -OCH3 is 1. The van der Waals surface area contributed by atoms with E-state index in [9.17, 15) is 5.11 Å². The van der Waals surface area contributed by atoms with Gasteiger partial charge in [0, 0.05) is 18.2 Å². The maximum atomic E-state index is 9.94. The van der Waals surface area contributed by atoms with Gasteiger partial charge >= 0.3 is 0 Å². The van der Waals surface area contributed by atoms with Crippen LogP contribution in [-0.4, -0.2) is 18.3 Å². The molecule has 96 valence electrons. The Morgan fingerprint density at radius 2 is 2.12 bits per heavy atom. The Hall–Kier alpha value is -1.22. The summed E-state index contributed by atoms with van der Waals surface area (Å²) >= 11 is 0. The normalized spacial score (nSPS) is 12.4. The van der Waals surface area contributed by atoms with Crippen molar-refractivity contribution < 1.29 is 9.84 Å². The molecule has 1 aromatic carbocycles. The zero-order chi connectivity index (χ0) is 12.7. The van der Waals surface area contributed by atoms with E-state index in [2.05, 4.69) is 19.2 Å². The van der Waals surface area contributed by atoms with Crippen LogP contribution >= 0.6 is 0 Å². The first-order chi connectivity index (χ1) is 8.22. The molecule has 0 aliphatic heterocycles. The van der Waals surface area contributed by atoms with Crippen LogP contribution in [0.15, 0.2) is 18.2 Å². The van der Waals surface area contributed by atoms with E-state index in [1.165, 1.54) is 12.8 Å². The van der Waals surface area contributed by atoms with Gasteiger partial charge in [0.15, 0.2) is 11.5 Å². The molecule has 1 unspecified atom stereocenters. The molecule has 0 aliphatic carbocycles. The molecule has 3 heteroatoms. The highest BCUT2D eigenvalue weighted by atomic mass is 16.5. The van der Waals surface area contributed by atoms with E-state index in [0.717, 1.165) is 12.0 Å². The molecule has 0 saturated heterocycles. The first-order valence-electron chi connectivity index (χ1n) is 6.31. The van der Waals surface area contributed by atoms with Crippen molar-refractivity contribution in [3.63, 3.8) is 0 Å². The van der Waals surface area contributed by atoms with E-state index in [-0.39, 0.29) is 5.75 Å². The van der Waals surface area contributed by atoms with Crippen LogP contribution < -0.4 is 10.1 Å². The number of hydrogen-bond acceptors (Lipinski definition) is 3. The van der Waals surface area contributed by atoms with Crippen LogP contribution in [0.3, 0.4) is 0 Å². The summed E-state index contributed by atoms with van der Waals surface area (Å²) in [6, 6.07) is 6.10. The average molecular weight is 237 g/mol. The van der Waals surface area contributed by atoms with Crippen LogP contribution in [0.4, 0.5) is 0 Å². The highest BCUT2D eigenvalue weighted by molar-refractivity contribution is 5.45. The third-order valence-electron chi connectivity index (χ3n) is 3.01. The molecule has 0 heterocycles. The van der Waals surface area contributed by atoms with Gasteiger partial charge in [-0.3, -0.25) is 0 Å². The largest absolute Gasteiger partial charge is 0.504 e. The summed E-state index contributed by atoms with van der Waals surface area (Å²) in [5, 5.41) is 13.4. The predicted molar refractivity (Wildman–Crippen MR) is 70.5 cm³/mol. The van der Waals surface area contributed by atoms with Crippen molar-refractivity contribution >= 4 is 0 Å². The van der Waals surface area contributed by atoms with Crippen LogP contribution in [0, 0.1) is 0 Å². The van der Waals surface area contributed by atoms with Gasteiger partial charge in [0.2, 0.25) is 0 Å². The third kappa shape index (κ3) is 3.93. The number of ether oxygens (including phenoxy) is 1. The number of aromatic hydroxyl groups is 1. The maximum Gasteiger partial charge on any atom is 0.162 e. The molecule has 0 saturated carbocycles. The molecule has 0 fully saturated rings. The molecule has 1 rings (SSSR count). The SMILES string of the molecule is CCCC(CC)NCc1cccc(OC)c1O. The van der Waals surface area contributed by atoms with Gasteiger partial charge in [-0.1, -0.05) is 32.4 Å². The van der Waals surface area contributed by atoms with Gasteiger partial charge in [0.1, 0.15) is 0 Å². The quantitative estimate of drug-likeness (QED) is 0.765. The second-order valence-corrected chi connectivity index (χ2v) is 4.24. The molecule has 3 nitrogen and oxygen atoms in total. The predicted octanol–water partition coefficient (Wildman–Crippen LogP) is 3.07. The van der Waals surface area contributed by atoms with E-state index < -0.39 is 0 Å². The molecule has 1 aromatic rings. The number of benzene rings is 1. The molecule has 0 spiro atoms. The first-order valence-corrected chi connectivity index (χ1v) is 6.31. The molecule has 0 bridgehead atoms. The topological polar surface area (TPSA) is 41.5 Å². The van der Waals surface area contributed by atoms with Crippen molar-refractivity contribution in [3.05, 3.63) is 23.8 Å². The van der Waals surface area contributed by atoms with Crippen LogP contribution in [-0.2, 0) is 6.54 Å². The van der Waals surface area contributed by atoms with Gasteiger partial charge < -0.3 is 15.2 Å². The van der Waals surface area contributed by atoms with E-state index in [1.54, 1.807) is 13.2 Å². The zero-order valence-corrected chi connectivity index (χ0v) is 11.0. The molecule has 1 atom stereocenters. The molecule has 17 heavy (non-hydrogen) atoms. The van der Waals surface area contributed by atoms with Crippen LogP contribution in [0.25, 0.3) is 0 Å². The Morgan fingerprint density at radius 1 is 1.35 bits per heavy atom. The third-order valence-corrected chi connectivity index (χ3v) is 3.01. The van der Waals surface area contributed by atoms with E-state index in [0.29, 0.717) is 18.3 Å². The fraction of sp³-hybridized carbons (Fsp3) is 0.571. The van der Waals surface area contributed by atoms with Crippen molar-refractivity contribution in [2.24, 2.45) is 0 Å². The minimum Gasteiger partial charge on any atom is -0.504 e. The lowest BCUT2D eigenvalue weighted by molar-refractivity contribution is 0.367. The lowest BCUT2D eigenvalue weighted by Crippen LogP contribution is -2.27. The fourth-order valence-corrected chi connectivity index (χ4v) is 1.93. The van der Waals surface area contributed by atoms with Gasteiger partial charge in [-0.05, 0) is 18.9 Å². The Balaban J connectivity index is 2.62. The van der Waals surface area contributed by atoms with Gasteiger partial charge in [0.25, 0.3) is 0 Å². The number of para-hydroxylation sites is 1. The minimum absolute atomic E-state index is 0.244. The zero-order valence-electron chi connectivity index (χ0n) is 11.0. The fourth-order valence-electron chi connectivity index (χ4n) is 1.93. The van der Waals surface area contributed by atoms with Crippen molar-refractivity contribution in [3.8, 4) is 11.5 Å². The summed E-state index contributed by atoms with van der Waals surface area (Å²) in [5.74, 6) is 0.779. The summed E-state index contributed by atoms with van der Waals surface area (Å²) in [7, 11) is 1.57. The molecule has 0 amide bonds. The van der Waals surface area contributed by atoms with Crippen molar-refractivity contribution in [2.75, 3.05) is 7.11 Å². The summed E-state index contributed by atoms with van der Waals surface area (Å²) in [5.41, 5.74) is 0.888. The van der Waals surface area contributed by atoms with Crippen LogP contribution in [0.5, 0.6) is 11.5 Å². The second-order valence-electron chi connectivity index (χ2n) is 4.24. The van der Waals surface area contributed by atoms with Crippen molar-refractivity contribution in [2.45, 2.75) is 45.7 Å². The lowest BCUT2D eigenvalue weighted by atomic mass is 10.1. The first kappa shape index (κ1) is 13.8. The van der Waals surface area contributed by atoms with Crippen LogP contribution in [0.1, 0.15) is 38.7 Å². The molecule has 0 radical (unpaired) electrons. The van der Waals surface area contributed by atoms with Crippen molar-refractivity contribution in [1.82, 2.24) is 5.32 Å². The standard InChI is InChI=1S/C14H23NO2/c1-4-7-12(5-2)15-10-11-8-6-9-13(17-3)14(11)16/h6,8-9,12,15-16H,4-5,7,10H2,1-3H3.